The lowest BCUT2D eigenvalue weighted by Gasteiger charge is -2.11. The number of fused-ring (bicyclic) bond motifs is 1. The van der Waals surface area contributed by atoms with Gasteiger partial charge in [-0.2, -0.15) is 0 Å². The van der Waals surface area contributed by atoms with Crippen LogP contribution < -0.4 is 10.5 Å². The van der Waals surface area contributed by atoms with Crippen LogP contribution in [0.4, 0.5) is 4.39 Å². The van der Waals surface area contributed by atoms with Gasteiger partial charge in [0.1, 0.15) is 17.3 Å². The molecular weight excluding hydrogens is 335 g/mol. The normalized spacial score (nSPS) is 10.8. The van der Waals surface area contributed by atoms with Gasteiger partial charge in [0.15, 0.2) is 0 Å². The first-order chi connectivity index (χ1) is 10.2. The predicted molar refractivity (Wildman–Crippen MR) is 83.8 cm³/mol. The molecule has 0 amide bonds. The van der Waals surface area contributed by atoms with Crippen molar-refractivity contribution in [3.63, 3.8) is 0 Å². The summed E-state index contributed by atoms with van der Waals surface area (Å²) in [5.74, 6) is 0.867. The zero-order valence-electron chi connectivity index (χ0n) is 11.0. The number of pyridine rings is 1. The van der Waals surface area contributed by atoms with Crippen molar-refractivity contribution in [1.29, 1.82) is 0 Å². The van der Waals surface area contributed by atoms with Crippen LogP contribution in [-0.2, 0) is 6.54 Å². The van der Waals surface area contributed by atoms with E-state index in [1.54, 1.807) is 18.2 Å². The lowest BCUT2D eigenvalue weighted by molar-refractivity contribution is 0.484. The minimum atomic E-state index is -0.329. The third-order valence-electron chi connectivity index (χ3n) is 3.06. The summed E-state index contributed by atoms with van der Waals surface area (Å²) < 4.78 is 19.5. The molecule has 21 heavy (non-hydrogen) atoms. The number of halogens is 2. The van der Waals surface area contributed by atoms with E-state index in [4.69, 9.17) is 10.5 Å². The fourth-order valence-corrected chi connectivity index (χ4v) is 2.41. The summed E-state index contributed by atoms with van der Waals surface area (Å²) in [5.41, 5.74) is 7.23. The minimum Gasteiger partial charge on any atom is -0.457 e. The number of ether oxygens (including phenoxy) is 1. The first-order valence-electron chi connectivity index (χ1n) is 6.39. The summed E-state index contributed by atoms with van der Waals surface area (Å²) in [6.45, 7) is 0.328. The molecule has 3 aromatic rings. The van der Waals surface area contributed by atoms with Gasteiger partial charge in [-0.05, 0) is 46.3 Å². The van der Waals surface area contributed by atoms with Gasteiger partial charge in [-0.25, -0.2) is 4.39 Å². The maximum absolute atomic E-state index is 13.3. The molecule has 0 unspecified atom stereocenters. The average molecular weight is 347 g/mol. The summed E-state index contributed by atoms with van der Waals surface area (Å²) in [6, 6.07) is 14.0. The van der Waals surface area contributed by atoms with E-state index >= 15 is 0 Å². The summed E-state index contributed by atoms with van der Waals surface area (Å²) >= 11 is 3.15. The molecule has 0 saturated heterocycles. The molecule has 5 heteroatoms. The van der Waals surface area contributed by atoms with Crippen LogP contribution in [0.1, 0.15) is 5.69 Å². The Balaban J connectivity index is 2.08. The van der Waals surface area contributed by atoms with Crippen molar-refractivity contribution in [3.05, 3.63) is 64.5 Å². The first-order valence-corrected chi connectivity index (χ1v) is 7.18. The molecule has 2 N–H and O–H groups in total. The second-order valence-corrected chi connectivity index (χ2v) is 5.37. The Morgan fingerprint density at radius 3 is 2.71 bits per heavy atom. The quantitative estimate of drug-likeness (QED) is 0.765. The van der Waals surface area contributed by atoms with Crippen LogP contribution in [0.2, 0.25) is 0 Å². The van der Waals surface area contributed by atoms with Gasteiger partial charge in [-0.3, -0.25) is 4.98 Å². The van der Waals surface area contributed by atoms with Crippen LogP contribution in [-0.4, -0.2) is 4.98 Å². The SMILES string of the molecule is NCc1cc(Oc2ccc(F)c(Br)c2)c2ccccc2n1. The van der Waals surface area contributed by atoms with E-state index in [-0.39, 0.29) is 5.82 Å². The molecule has 2 aromatic carbocycles. The highest BCUT2D eigenvalue weighted by atomic mass is 79.9. The van der Waals surface area contributed by atoms with Crippen molar-refractivity contribution in [2.24, 2.45) is 5.73 Å². The maximum Gasteiger partial charge on any atom is 0.138 e. The topological polar surface area (TPSA) is 48.1 Å². The average Bonchev–Trinajstić information content (AvgIpc) is 2.51. The Morgan fingerprint density at radius 1 is 1.14 bits per heavy atom. The van der Waals surface area contributed by atoms with Gasteiger partial charge in [0.05, 0.1) is 15.7 Å². The molecule has 0 saturated carbocycles. The third kappa shape index (κ3) is 2.89. The van der Waals surface area contributed by atoms with Crippen molar-refractivity contribution in [1.82, 2.24) is 4.98 Å². The van der Waals surface area contributed by atoms with Crippen LogP contribution in [0, 0.1) is 5.82 Å². The first kappa shape index (κ1) is 14.0. The monoisotopic (exact) mass is 346 g/mol. The highest BCUT2D eigenvalue weighted by molar-refractivity contribution is 9.10. The summed E-state index contributed by atoms with van der Waals surface area (Å²) in [6.07, 6.45) is 0. The van der Waals surface area contributed by atoms with Gasteiger partial charge < -0.3 is 10.5 Å². The number of hydrogen-bond donors (Lipinski definition) is 1. The molecule has 0 spiro atoms. The van der Waals surface area contributed by atoms with Gasteiger partial charge in [-0.1, -0.05) is 12.1 Å². The molecule has 0 radical (unpaired) electrons. The van der Waals surface area contributed by atoms with E-state index in [0.717, 1.165) is 16.6 Å². The predicted octanol–water partition coefficient (Wildman–Crippen LogP) is 4.39. The Labute approximate surface area is 129 Å². The molecule has 1 aromatic heterocycles. The number of benzene rings is 2. The molecule has 106 valence electrons. The van der Waals surface area contributed by atoms with Crippen molar-refractivity contribution in [3.8, 4) is 11.5 Å². The van der Waals surface area contributed by atoms with E-state index in [0.29, 0.717) is 22.5 Å². The lowest BCUT2D eigenvalue weighted by atomic mass is 10.2. The van der Waals surface area contributed by atoms with Gasteiger partial charge in [0.25, 0.3) is 0 Å². The van der Waals surface area contributed by atoms with Crippen LogP contribution >= 0.6 is 15.9 Å². The Hall–Kier alpha value is -1.98. The molecule has 1 heterocycles. The molecule has 0 atom stereocenters. The summed E-state index contributed by atoms with van der Waals surface area (Å²) in [7, 11) is 0. The molecule has 3 nitrogen and oxygen atoms in total. The van der Waals surface area contributed by atoms with Gasteiger partial charge >= 0.3 is 0 Å². The largest absolute Gasteiger partial charge is 0.457 e. The van der Waals surface area contributed by atoms with Crippen LogP contribution in [0.15, 0.2) is 53.0 Å². The van der Waals surface area contributed by atoms with Gasteiger partial charge in [0.2, 0.25) is 0 Å². The van der Waals surface area contributed by atoms with Crippen molar-refractivity contribution in [2.75, 3.05) is 0 Å². The fraction of sp³-hybridized carbons (Fsp3) is 0.0625. The highest BCUT2D eigenvalue weighted by Gasteiger charge is 2.08. The van der Waals surface area contributed by atoms with Crippen molar-refractivity contribution < 1.29 is 9.13 Å². The molecule has 0 aliphatic rings. The molecule has 0 aliphatic carbocycles. The number of nitrogens with zero attached hydrogens (tertiary/aromatic N) is 1. The van der Waals surface area contributed by atoms with Crippen molar-refractivity contribution in [2.45, 2.75) is 6.54 Å². The van der Waals surface area contributed by atoms with Crippen LogP contribution in [0.5, 0.6) is 11.5 Å². The second-order valence-electron chi connectivity index (χ2n) is 4.51. The number of nitrogens with two attached hydrogens (primary N) is 1. The molecule has 0 bridgehead atoms. The number of aromatic nitrogens is 1. The standard InChI is InChI=1S/C16H12BrFN2O/c17-13-8-11(5-6-14(13)18)21-16-7-10(9-19)20-15-4-2-1-3-12(15)16/h1-8H,9,19H2. The summed E-state index contributed by atoms with van der Waals surface area (Å²) in [4.78, 5) is 4.45. The summed E-state index contributed by atoms with van der Waals surface area (Å²) in [5, 5.41) is 0.884. The third-order valence-corrected chi connectivity index (χ3v) is 3.67. The lowest BCUT2D eigenvalue weighted by Crippen LogP contribution is -2.00. The Morgan fingerprint density at radius 2 is 1.95 bits per heavy atom. The van der Waals surface area contributed by atoms with E-state index < -0.39 is 0 Å². The minimum absolute atomic E-state index is 0.328. The fourth-order valence-electron chi connectivity index (χ4n) is 2.05. The van der Waals surface area contributed by atoms with Crippen LogP contribution in [0.3, 0.4) is 0 Å². The van der Waals surface area contributed by atoms with E-state index in [9.17, 15) is 4.39 Å². The number of rotatable bonds is 3. The van der Waals surface area contributed by atoms with E-state index in [1.807, 2.05) is 24.3 Å². The Kier molecular flexibility index (Phi) is 3.86. The van der Waals surface area contributed by atoms with E-state index in [1.165, 1.54) is 6.07 Å². The van der Waals surface area contributed by atoms with E-state index in [2.05, 4.69) is 20.9 Å². The zero-order chi connectivity index (χ0) is 14.8. The number of hydrogen-bond acceptors (Lipinski definition) is 3. The second kappa shape index (κ2) is 5.79. The zero-order valence-corrected chi connectivity index (χ0v) is 12.6. The highest BCUT2D eigenvalue weighted by Crippen LogP contribution is 2.31. The van der Waals surface area contributed by atoms with Gasteiger partial charge in [0, 0.05) is 18.0 Å². The van der Waals surface area contributed by atoms with Gasteiger partial charge in [-0.15, -0.1) is 0 Å². The smallest absolute Gasteiger partial charge is 0.138 e. The number of para-hydroxylation sites is 1. The van der Waals surface area contributed by atoms with Crippen LogP contribution in [0.25, 0.3) is 10.9 Å². The molecule has 0 aliphatic heterocycles. The molecular formula is C16H12BrFN2O. The molecule has 0 fully saturated rings. The maximum atomic E-state index is 13.3. The Bertz CT molecular complexity index is 807. The van der Waals surface area contributed by atoms with Crippen molar-refractivity contribution >= 4 is 26.8 Å². The molecule has 3 rings (SSSR count).